The number of hydrogen-bond donors (Lipinski definition) is 0. The maximum absolute atomic E-state index is 5.27. The summed E-state index contributed by atoms with van der Waals surface area (Å²) in [5, 5.41) is 0.307. The lowest BCUT2D eigenvalue weighted by atomic mass is 9.80. The van der Waals surface area contributed by atoms with Gasteiger partial charge in [0.05, 0.1) is 11.0 Å². The average Bonchev–Trinajstić information content (AvgIpc) is 4.04. The Hall–Kier alpha value is -6.94. The van der Waals surface area contributed by atoms with Crippen LogP contribution in [0.3, 0.4) is 0 Å². The van der Waals surface area contributed by atoms with E-state index in [2.05, 4.69) is 226 Å². The van der Waals surface area contributed by atoms with Gasteiger partial charge in [0.2, 0.25) is 0 Å². The van der Waals surface area contributed by atoms with Crippen molar-refractivity contribution in [3.05, 3.63) is 228 Å². The normalized spacial score (nSPS) is 17.9. The highest BCUT2D eigenvalue weighted by atomic mass is 32.2. The molecule has 2 atom stereocenters. The summed E-state index contributed by atoms with van der Waals surface area (Å²) in [6, 6.07) is 65.4. The minimum absolute atomic E-state index is 0.0473. The Morgan fingerprint density at radius 1 is 0.484 bits per heavy atom. The van der Waals surface area contributed by atoms with Crippen molar-refractivity contribution in [2.45, 2.75) is 54.6 Å². The molecular weight excluding hydrogens is 793 g/mol. The number of allylic oxidation sites excluding steroid dienone is 3. The predicted molar refractivity (Wildman–Crippen MR) is 268 cm³/mol. The van der Waals surface area contributed by atoms with Gasteiger partial charge in [0.1, 0.15) is 5.82 Å². The van der Waals surface area contributed by atoms with Crippen molar-refractivity contribution in [3.8, 4) is 61.6 Å². The molecule has 0 saturated carbocycles. The van der Waals surface area contributed by atoms with Crippen LogP contribution in [-0.4, -0.2) is 14.8 Å². The highest BCUT2D eigenvalue weighted by Crippen LogP contribution is 2.56. The van der Waals surface area contributed by atoms with Gasteiger partial charge in [0, 0.05) is 38.1 Å². The Kier molecular flexibility index (Phi) is 8.09. The molecule has 13 rings (SSSR count). The molecule has 8 aromatic carbocycles. The zero-order chi connectivity index (χ0) is 42.9. The van der Waals surface area contributed by atoms with Gasteiger partial charge in [-0.3, -0.25) is 4.57 Å². The molecule has 9 aromatic rings. The van der Waals surface area contributed by atoms with Gasteiger partial charge in [-0.15, -0.1) is 11.8 Å². The summed E-state index contributed by atoms with van der Waals surface area (Å²) < 4.78 is 2.30. The van der Waals surface area contributed by atoms with Gasteiger partial charge in [0.25, 0.3) is 0 Å². The topological polar surface area (TPSA) is 17.8 Å². The summed E-state index contributed by atoms with van der Waals surface area (Å²) in [5.74, 6) is 1.18. The fraction of sp³-hybridized carbons (Fsp3) is 0.131. The average molecular weight is 839 g/mol. The molecule has 0 bridgehead atoms. The third-order valence-corrected chi connectivity index (χ3v) is 16.2. The highest BCUT2D eigenvalue weighted by Gasteiger charge is 2.39. The Balaban J connectivity index is 0.971. The van der Waals surface area contributed by atoms with Crippen molar-refractivity contribution in [1.82, 2.24) is 9.55 Å². The van der Waals surface area contributed by atoms with E-state index in [-0.39, 0.29) is 16.7 Å². The van der Waals surface area contributed by atoms with Gasteiger partial charge >= 0.3 is 0 Å². The molecule has 2 nitrogen and oxygen atoms in total. The van der Waals surface area contributed by atoms with Crippen LogP contribution >= 0.6 is 11.8 Å². The number of nitrogens with zero attached hydrogens (tertiary/aromatic N) is 2. The SMILES string of the molecule is CC1(C)c2ccccc2-c2ccc(C3=CC4c5cc(-c6ccc7c(c6)C(C)(C)c6ccccc6-7)cc(-c6cccc(-c7nc8ccccc8n7-c7ccccc7)c6)c5SC4C=C3)cc21. The van der Waals surface area contributed by atoms with Gasteiger partial charge in [-0.25, -0.2) is 4.98 Å². The van der Waals surface area contributed by atoms with Crippen molar-refractivity contribution in [2.24, 2.45) is 0 Å². The second-order valence-corrected chi connectivity index (χ2v) is 20.3. The van der Waals surface area contributed by atoms with Crippen LogP contribution in [0.15, 0.2) is 199 Å². The standard InChI is InChI=1S/C61H46N2S/c1-60(2)51-21-10-8-19-44(51)46-28-25-38(35-53(46)60)37-27-30-57-49(32-37)50-34-42(39-26-29-47-45-20-9-11-22-52(45)61(3,4)54(47)36-39)33-48(58(50)64-57)40-15-14-16-41(31-40)59-62-55-23-12-13-24-56(55)63(59)43-17-6-5-7-18-43/h5-36,49,57H,1-4H3. The molecule has 64 heavy (non-hydrogen) atoms. The molecule has 0 radical (unpaired) electrons. The predicted octanol–water partition coefficient (Wildman–Crippen LogP) is 15.9. The van der Waals surface area contributed by atoms with Crippen molar-refractivity contribution >= 4 is 28.4 Å². The number of imidazole rings is 1. The molecule has 2 heterocycles. The van der Waals surface area contributed by atoms with E-state index in [9.17, 15) is 0 Å². The highest BCUT2D eigenvalue weighted by molar-refractivity contribution is 8.00. The van der Waals surface area contributed by atoms with Crippen LogP contribution in [0.4, 0.5) is 0 Å². The van der Waals surface area contributed by atoms with Crippen molar-refractivity contribution in [2.75, 3.05) is 0 Å². The minimum atomic E-state index is -0.0847. The van der Waals surface area contributed by atoms with Crippen LogP contribution in [-0.2, 0) is 10.8 Å². The Bertz CT molecular complexity index is 3490. The summed E-state index contributed by atoms with van der Waals surface area (Å²) in [5.41, 5.74) is 24.2. The zero-order valence-corrected chi connectivity index (χ0v) is 37.2. The van der Waals surface area contributed by atoms with E-state index >= 15 is 0 Å². The summed E-state index contributed by atoms with van der Waals surface area (Å²) in [6.45, 7) is 9.51. The first-order valence-electron chi connectivity index (χ1n) is 22.6. The first-order valence-corrected chi connectivity index (χ1v) is 23.5. The second kappa shape index (κ2) is 13.8. The van der Waals surface area contributed by atoms with E-state index in [1.165, 1.54) is 88.4 Å². The molecule has 1 aliphatic heterocycles. The number of fused-ring (bicyclic) bond motifs is 10. The summed E-state index contributed by atoms with van der Waals surface area (Å²) >= 11 is 2.02. The van der Waals surface area contributed by atoms with Gasteiger partial charge in [-0.1, -0.05) is 167 Å². The zero-order valence-electron chi connectivity index (χ0n) is 36.4. The van der Waals surface area contributed by atoms with Gasteiger partial charge < -0.3 is 0 Å². The molecule has 1 aromatic heterocycles. The van der Waals surface area contributed by atoms with Crippen LogP contribution in [0.5, 0.6) is 0 Å². The van der Waals surface area contributed by atoms with Crippen LogP contribution in [0, 0.1) is 0 Å². The number of hydrogen-bond acceptors (Lipinski definition) is 2. The van der Waals surface area contributed by atoms with Crippen molar-refractivity contribution < 1.29 is 0 Å². The number of para-hydroxylation sites is 3. The molecule has 0 fully saturated rings. The summed E-state index contributed by atoms with van der Waals surface area (Å²) in [7, 11) is 0. The smallest absolute Gasteiger partial charge is 0.145 e. The van der Waals surface area contributed by atoms with E-state index < -0.39 is 0 Å². The molecule has 0 saturated heterocycles. The van der Waals surface area contributed by atoms with Gasteiger partial charge in [-0.2, -0.15) is 0 Å². The number of benzene rings is 8. The largest absolute Gasteiger partial charge is 0.292 e. The maximum atomic E-state index is 5.27. The van der Waals surface area contributed by atoms with Gasteiger partial charge in [-0.05, 0) is 138 Å². The molecule has 0 spiro atoms. The van der Waals surface area contributed by atoms with Crippen LogP contribution < -0.4 is 0 Å². The first-order chi connectivity index (χ1) is 31.2. The van der Waals surface area contributed by atoms with E-state index in [1.807, 2.05) is 11.8 Å². The quantitative estimate of drug-likeness (QED) is 0.172. The molecule has 0 N–H and O–H groups in total. The van der Waals surface area contributed by atoms with Crippen molar-refractivity contribution in [3.63, 3.8) is 0 Å². The fourth-order valence-electron chi connectivity index (χ4n) is 11.4. The third kappa shape index (κ3) is 5.50. The van der Waals surface area contributed by atoms with E-state index in [0.29, 0.717) is 5.25 Å². The summed E-state index contributed by atoms with van der Waals surface area (Å²) in [4.78, 5) is 6.64. The fourth-order valence-corrected chi connectivity index (χ4v) is 12.9. The van der Waals surface area contributed by atoms with E-state index in [4.69, 9.17) is 4.98 Å². The van der Waals surface area contributed by atoms with E-state index in [0.717, 1.165) is 28.1 Å². The van der Waals surface area contributed by atoms with Gasteiger partial charge in [0.15, 0.2) is 0 Å². The number of thioether (sulfide) groups is 1. The number of rotatable bonds is 5. The van der Waals surface area contributed by atoms with E-state index in [1.54, 1.807) is 0 Å². The monoisotopic (exact) mass is 838 g/mol. The minimum Gasteiger partial charge on any atom is -0.292 e. The molecule has 4 aliphatic rings. The first kappa shape index (κ1) is 37.6. The lowest BCUT2D eigenvalue weighted by molar-refractivity contribution is 0.660. The number of aromatic nitrogens is 2. The molecular formula is C61H46N2S. The maximum Gasteiger partial charge on any atom is 0.145 e. The second-order valence-electron chi connectivity index (χ2n) is 19.1. The lowest BCUT2D eigenvalue weighted by Gasteiger charge is -2.23. The summed E-state index contributed by atoms with van der Waals surface area (Å²) in [6.07, 6.45) is 7.41. The Morgan fingerprint density at radius 3 is 1.86 bits per heavy atom. The molecule has 3 heteroatoms. The van der Waals surface area contributed by atoms with Crippen LogP contribution in [0.1, 0.15) is 67.0 Å². The van der Waals surface area contributed by atoms with Crippen LogP contribution in [0.25, 0.3) is 78.2 Å². The molecule has 306 valence electrons. The van der Waals surface area contributed by atoms with Crippen LogP contribution in [0.2, 0.25) is 0 Å². The molecule has 2 unspecified atom stereocenters. The lowest BCUT2D eigenvalue weighted by Crippen LogP contribution is -2.15. The third-order valence-electron chi connectivity index (χ3n) is 14.7. The Labute approximate surface area is 379 Å². The molecule has 0 amide bonds. The van der Waals surface area contributed by atoms with Crippen molar-refractivity contribution in [1.29, 1.82) is 0 Å². The Morgan fingerprint density at radius 2 is 1.11 bits per heavy atom. The molecule has 3 aliphatic carbocycles.